The van der Waals surface area contributed by atoms with Gasteiger partial charge in [-0.15, -0.1) is 10.2 Å². The van der Waals surface area contributed by atoms with Gasteiger partial charge in [-0.1, -0.05) is 88.8 Å². The molecule has 4 aromatic rings. The maximum Gasteiger partial charge on any atom is 0.301 e. The molecule has 40 heavy (non-hydrogen) atoms. The molecule has 5 rings (SSSR count). The molecule has 8 nitrogen and oxygen atoms in total. The second-order valence-corrected chi connectivity index (χ2v) is 11.6. The zero-order valence-electron chi connectivity index (χ0n) is 20.9. The standard InChI is InChI=1S/C28H21Cl2N3O5S2/c1-2-38-21-12-16(9-11-20(21)34)23-22(24(35)15-6-4-3-5-7-15)25(36)26(37)33(23)27-31-32-28(40-27)39-14-17-8-10-18(29)13-19(17)30/h3-13,23,34-35H,2,14H2,1H3/b24-22-. The van der Waals surface area contributed by atoms with Crippen LogP contribution in [0.4, 0.5) is 5.13 Å². The molecule has 1 atom stereocenters. The van der Waals surface area contributed by atoms with E-state index in [4.69, 9.17) is 27.9 Å². The zero-order chi connectivity index (χ0) is 28.4. The molecule has 2 N–H and O–H groups in total. The smallest absolute Gasteiger partial charge is 0.301 e. The van der Waals surface area contributed by atoms with Crippen LogP contribution in [0.1, 0.15) is 29.7 Å². The predicted octanol–water partition coefficient (Wildman–Crippen LogP) is 6.87. The van der Waals surface area contributed by atoms with E-state index in [2.05, 4.69) is 10.2 Å². The molecule has 1 fully saturated rings. The van der Waals surface area contributed by atoms with Crippen molar-refractivity contribution in [3.63, 3.8) is 0 Å². The molecular weight excluding hydrogens is 593 g/mol. The summed E-state index contributed by atoms with van der Waals surface area (Å²) < 4.78 is 6.09. The molecule has 1 aromatic heterocycles. The van der Waals surface area contributed by atoms with Crippen LogP contribution in [0, 0.1) is 0 Å². The monoisotopic (exact) mass is 613 g/mol. The summed E-state index contributed by atoms with van der Waals surface area (Å²) in [5.74, 6) is -1.48. The number of carbonyl (C=O) groups excluding carboxylic acids is 2. The average molecular weight is 615 g/mol. The largest absolute Gasteiger partial charge is 0.507 e. The number of nitrogens with zero attached hydrogens (tertiary/aromatic N) is 3. The maximum atomic E-state index is 13.4. The van der Waals surface area contributed by atoms with Gasteiger partial charge in [0.1, 0.15) is 5.76 Å². The predicted molar refractivity (Wildman–Crippen MR) is 156 cm³/mol. The first-order valence-corrected chi connectivity index (χ1v) is 14.6. The number of ether oxygens (including phenoxy) is 1. The van der Waals surface area contributed by atoms with Gasteiger partial charge in [0.15, 0.2) is 15.8 Å². The van der Waals surface area contributed by atoms with E-state index in [1.807, 2.05) is 6.07 Å². The third kappa shape index (κ3) is 5.53. The van der Waals surface area contributed by atoms with Gasteiger partial charge in [-0.2, -0.15) is 0 Å². The van der Waals surface area contributed by atoms with E-state index in [9.17, 15) is 19.8 Å². The Hall–Kier alpha value is -3.57. The quantitative estimate of drug-likeness (QED) is 0.0727. The van der Waals surface area contributed by atoms with E-state index < -0.39 is 17.7 Å². The Labute approximate surface area is 247 Å². The SMILES string of the molecule is CCOc1cc(C2/C(=C(/O)c3ccccc3)C(=O)C(=O)N2c2nnc(SCc3ccc(Cl)cc3Cl)s2)ccc1O. The molecule has 1 aliphatic heterocycles. The van der Waals surface area contributed by atoms with Gasteiger partial charge in [-0.05, 0) is 42.3 Å². The summed E-state index contributed by atoms with van der Waals surface area (Å²) in [5, 5.41) is 31.2. The van der Waals surface area contributed by atoms with Crippen molar-refractivity contribution in [2.24, 2.45) is 0 Å². The molecular formula is C28H21Cl2N3O5S2. The van der Waals surface area contributed by atoms with Crippen LogP contribution in [0.15, 0.2) is 76.6 Å². The fourth-order valence-corrected chi connectivity index (χ4v) is 6.63. The highest BCUT2D eigenvalue weighted by Crippen LogP contribution is 2.45. The second kappa shape index (κ2) is 11.9. The molecule has 0 saturated carbocycles. The van der Waals surface area contributed by atoms with E-state index in [1.54, 1.807) is 61.5 Å². The van der Waals surface area contributed by atoms with Crippen molar-refractivity contribution >= 4 is 68.9 Å². The Morgan fingerprint density at radius 1 is 1.07 bits per heavy atom. The minimum Gasteiger partial charge on any atom is -0.507 e. The number of phenolic OH excluding ortho intramolecular Hbond substituents is 1. The van der Waals surface area contributed by atoms with Crippen molar-refractivity contribution < 1.29 is 24.5 Å². The molecule has 1 amide bonds. The number of hydrogen-bond acceptors (Lipinski definition) is 9. The number of ketones is 1. The van der Waals surface area contributed by atoms with Crippen LogP contribution in [0.3, 0.4) is 0 Å². The Kier molecular flexibility index (Phi) is 8.32. The number of aromatic hydroxyl groups is 1. The van der Waals surface area contributed by atoms with Gasteiger partial charge < -0.3 is 14.9 Å². The van der Waals surface area contributed by atoms with Crippen molar-refractivity contribution in [1.82, 2.24) is 10.2 Å². The fourth-order valence-electron chi connectivity index (χ4n) is 4.21. The normalized spacial score (nSPS) is 16.5. The molecule has 1 saturated heterocycles. The number of thioether (sulfide) groups is 1. The van der Waals surface area contributed by atoms with E-state index in [0.717, 1.165) is 16.9 Å². The van der Waals surface area contributed by atoms with Crippen molar-refractivity contribution in [3.8, 4) is 11.5 Å². The number of phenols is 1. The molecule has 0 bridgehead atoms. The van der Waals surface area contributed by atoms with Crippen LogP contribution >= 0.6 is 46.3 Å². The lowest BCUT2D eigenvalue weighted by Gasteiger charge is -2.23. The van der Waals surface area contributed by atoms with Gasteiger partial charge >= 0.3 is 5.91 Å². The Morgan fingerprint density at radius 3 is 2.58 bits per heavy atom. The maximum absolute atomic E-state index is 13.4. The molecule has 1 aliphatic rings. The van der Waals surface area contributed by atoms with Crippen LogP contribution in [-0.4, -0.2) is 38.7 Å². The number of benzene rings is 3. The number of halogens is 2. The Morgan fingerprint density at radius 2 is 1.85 bits per heavy atom. The first kappa shape index (κ1) is 28.0. The van der Waals surface area contributed by atoms with Gasteiger partial charge in [-0.3, -0.25) is 14.5 Å². The molecule has 204 valence electrons. The summed E-state index contributed by atoms with van der Waals surface area (Å²) in [4.78, 5) is 28.0. The molecule has 3 aromatic carbocycles. The number of anilines is 1. The van der Waals surface area contributed by atoms with Gasteiger partial charge in [-0.25, -0.2) is 0 Å². The summed E-state index contributed by atoms with van der Waals surface area (Å²) in [6.45, 7) is 2.06. The van der Waals surface area contributed by atoms with Crippen LogP contribution in [0.2, 0.25) is 10.0 Å². The highest BCUT2D eigenvalue weighted by molar-refractivity contribution is 8.00. The number of carbonyl (C=O) groups is 2. The van der Waals surface area contributed by atoms with Crippen molar-refractivity contribution in [3.05, 3.63) is 99.0 Å². The molecule has 0 radical (unpaired) electrons. The average Bonchev–Trinajstić information content (AvgIpc) is 3.51. The molecule has 0 spiro atoms. The van der Waals surface area contributed by atoms with Gasteiger partial charge in [0, 0.05) is 21.4 Å². The third-order valence-corrected chi connectivity index (χ3v) is 8.75. The summed E-state index contributed by atoms with van der Waals surface area (Å²) in [6, 6.07) is 17.2. The Balaban J connectivity index is 1.56. The van der Waals surface area contributed by atoms with Crippen molar-refractivity contribution in [1.29, 1.82) is 0 Å². The number of Topliss-reactive ketones (excluding diaryl/α,β-unsaturated/α-hetero) is 1. The first-order chi connectivity index (χ1) is 19.3. The number of aliphatic hydroxyl groups is 1. The van der Waals surface area contributed by atoms with Gasteiger partial charge in [0.25, 0.3) is 5.78 Å². The second-order valence-electron chi connectivity index (χ2n) is 8.57. The number of hydrogen-bond donors (Lipinski definition) is 2. The minimum absolute atomic E-state index is 0.0962. The molecule has 0 aliphatic carbocycles. The van der Waals surface area contributed by atoms with E-state index in [-0.39, 0.29) is 34.6 Å². The van der Waals surface area contributed by atoms with E-state index in [0.29, 0.717) is 31.3 Å². The van der Waals surface area contributed by atoms with Crippen molar-refractivity contribution in [2.45, 2.75) is 23.1 Å². The summed E-state index contributed by atoms with van der Waals surface area (Å²) in [5.41, 5.74) is 1.56. The molecule has 1 unspecified atom stereocenters. The highest BCUT2D eigenvalue weighted by Gasteiger charge is 2.48. The van der Waals surface area contributed by atoms with E-state index in [1.165, 1.54) is 22.7 Å². The lowest BCUT2D eigenvalue weighted by molar-refractivity contribution is -0.132. The number of amides is 1. The van der Waals surface area contributed by atoms with Gasteiger partial charge in [0.2, 0.25) is 5.13 Å². The first-order valence-electron chi connectivity index (χ1n) is 12.0. The topological polar surface area (TPSA) is 113 Å². The molecule has 12 heteroatoms. The van der Waals surface area contributed by atoms with Gasteiger partial charge in [0.05, 0.1) is 18.2 Å². The van der Waals surface area contributed by atoms with Crippen LogP contribution < -0.4 is 9.64 Å². The van der Waals surface area contributed by atoms with Crippen LogP contribution in [0.25, 0.3) is 5.76 Å². The number of aromatic nitrogens is 2. The molecule has 2 heterocycles. The minimum atomic E-state index is -1.04. The lowest BCUT2D eigenvalue weighted by atomic mass is 9.95. The van der Waals surface area contributed by atoms with Crippen LogP contribution in [-0.2, 0) is 15.3 Å². The number of rotatable bonds is 8. The third-order valence-electron chi connectivity index (χ3n) is 6.06. The van der Waals surface area contributed by atoms with Crippen molar-refractivity contribution in [2.75, 3.05) is 11.5 Å². The summed E-state index contributed by atoms with van der Waals surface area (Å²) in [7, 11) is 0. The highest BCUT2D eigenvalue weighted by atomic mass is 35.5. The lowest BCUT2D eigenvalue weighted by Crippen LogP contribution is -2.29. The number of aliphatic hydroxyl groups excluding tert-OH is 1. The summed E-state index contributed by atoms with van der Waals surface area (Å²) in [6.07, 6.45) is 0. The van der Waals surface area contributed by atoms with Crippen LogP contribution in [0.5, 0.6) is 11.5 Å². The van der Waals surface area contributed by atoms with E-state index >= 15 is 0 Å². The zero-order valence-corrected chi connectivity index (χ0v) is 24.0. The summed E-state index contributed by atoms with van der Waals surface area (Å²) >= 11 is 14.8. The fraction of sp³-hybridized carbons (Fsp3) is 0.143. The Bertz CT molecular complexity index is 1630.